The van der Waals surface area contributed by atoms with Crippen molar-refractivity contribution in [3.8, 4) is 5.75 Å². The van der Waals surface area contributed by atoms with Crippen molar-refractivity contribution in [2.45, 2.75) is 0 Å². The highest BCUT2D eigenvalue weighted by atomic mass is 16.5. The molecule has 2 amide bonds. The number of benzene rings is 1. The molecule has 0 aliphatic carbocycles. The van der Waals surface area contributed by atoms with Crippen molar-refractivity contribution in [2.75, 3.05) is 12.4 Å². The zero-order chi connectivity index (χ0) is 15.8. The van der Waals surface area contributed by atoms with Gasteiger partial charge in [0.15, 0.2) is 0 Å². The first-order valence-corrected chi connectivity index (χ1v) is 6.39. The summed E-state index contributed by atoms with van der Waals surface area (Å²) < 4.78 is 5.14. The first-order valence-electron chi connectivity index (χ1n) is 6.39. The number of carbonyl (C=O) groups is 2. The van der Waals surface area contributed by atoms with E-state index < -0.39 is 11.8 Å². The Hall–Kier alpha value is -3.22. The molecule has 0 fully saturated rings. The lowest BCUT2D eigenvalue weighted by molar-refractivity contribution is -0.136. The number of amides is 2. The highest BCUT2D eigenvalue weighted by Gasteiger charge is 2.13. The summed E-state index contributed by atoms with van der Waals surface area (Å²) in [5.74, 6) is -0.845. The first kappa shape index (κ1) is 15.2. The van der Waals surface area contributed by atoms with Crippen molar-refractivity contribution in [3.05, 3.63) is 54.2 Å². The Morgan fingerprint density at radius 3 is 2.64 bits per heavy atom. The van der Waals surface area contributed by atoms with E-state index >= 15 is 0 Å². The highest BCUT2D eigenvalue weighted by molar-refractivity contribution is 6.39. The smallest absolute Gasteiger partial charge is 0.329 e. The van der Waals surface area contributed by atoms with Crippen LogP contribution in [0.15, 0.2) is 53.8 Å². The number of pyridine rings is 1. The fourth-order valence-electron chi connectivity index (χ4n) is 1.59. The molecule has 0 bridgehead atoms. The van der Waals surface area contributed by atoms with E-state index in [9.17, 15) is 9.59 Å². The molecule has 112 valence electrons. The van der Waals surface area contributed by atoms with Crippen LogP contribution in [0.4, 0.5) is 5.82 Å². The molecular weight excluding hydrogens is 284 g/mol. The summed E-state index contributed by atoms with van der Waals surface area (Å²) in [6.07, 6.45) is 2.90. The first-order chi connectivity index (χ1) is 10.7. The normalized spacial score (nSPS) is 10.2. The van der Waals surface area contributed by atoms with Crippen LogP contribution in [0, 0.1) is 0 Å². The molecule has 0 saturated heterocycles. The van der Waals surface area contributed by atoms with Crippen molar-refractivity contribution in [1.29, 1.82) is 0 Å². The maximum Gasteiger partial charge on any atom is 0.329 e. The molecule has 0 atom stereocenters. The van der Waals surface area contributed by atoms with Crippen molar-refractivity contribution >= 4 is 23.8 Å². The number of aromatic nitrogens is 1. The van der Waals surface area contributed by atoms with Gasteiger partial charge in [0.2, 0.25) is 0 Å². The molecule has 0 radical (unpaired) electrons. The van der Waals surface area contributed by atoms with Gasteiger partial charge in [-0.25, -0.2) is 10.4 Å². The second-order valence-corrected chi connectivity index (χ2v) is 4.11. The van der Waals surface area contributed by atoms with Gasteiger partial charge >= 0.3 is 11.8 Å². The van der Waals surface area contributed by atoms with Crippen LogP contribution >= 0.6 is 0 Å². The maximum absolute atomic E-state index is 11.6. The van der Waals surface area contributed by atoms with Gasteiger partial charge in [0, 0.05) is 11.8 Å². The molecule has 0 aliphatic heterocycles. The fourth-order valence-corrected chi connectivity index (χ4v) is 1.59. The molecule has 2 aromatic rings. The second kappa shape index (κ2) is 7.53. The third kappa shape index (κ3) is 4.14. The van der Waals surface area contributed by atoms with E-state index in [1.807, 2.05) is 6.07 Å². The van der Waals surface area contributed by atoms with Crippen LogP contribution in [0.1, 0.15) is 5.56 Å². The number of ether oxygens (including phenoxy) is 1. The van der Waals surface area contributed by atoms with E-state index in [0.717, 1.165) is 0 Å². The van der Waals surface area contributed by atoms with Crippen LogP contribution in [-0.2, 0) is 9.59 Å². The zero-order valence-electron chi connectivity index (χ0n) is 11.8. The summed E-state index contributed by atoms with van der Waals surface area (Å²) in [6, 6.07) is 12.1. The van der Waals surface area contributed by atoms with Gasteiger partial charge in [-0.15, -0.1) is 0 Å². The van der Waals surface area contributed by atoms with Crippen LogP contribution in [-0.4, -0.2) is 30.1 Å². The van der Waals surface area contributed by atoms with Gasteiger partial charge in [-0.2, -0.15) is 5.10 Å². The van der Waals surface area contributed by atoms with Crippen LogP contribution in [0.25, 0.3) is 0 Å². The van der Waals surface area contributed by atoms with Crippen LogP contribution in [0.5, 0.6) is 5.75 Å². The molecule has 1 aromatic carbocycles. The Morgan fingerprint density at radius 2 is 1.91 bits per heavy atom. The summed E-state index contributed by atoms with van der Waals surface area (Å²) in [5.41, 5.74) is 2.81. The molecule has 7 heteroatoms. The van der Waals surface area contributed by atoms with Gasteiger partial charge in [0.05, 0.1) is 13.3 Å². The van der Waals surface area contributed by atoms with Crippen LogP contribution in [0.2, 0.25) is 0 Å². The van der Waals surface area contributed by atoms with Gasteiger partial charge in [-0.05, 0) is 24.3 Å². The number of rotatable bonds is 4. The standard InChI is InChI=1S/C15H14N4O3/c1-22-12-7-3-2-6-11(12)10-17-19-15(21)14(20)18-13-8-4-5-9-16-13/h2-10H,1H3,(H,19,21)(H,16,18,20)/b17-10+. The summed E-state index contributed by atoms with van der Waals surface area (Å²) in [6.45, 7) is 0. The average Bonchev–Trinajstić information content (AvgIpc) is 2.56. The lowest BCUT2D eigenvalue weighted by Gasteiger charge is -2.04. The van der Waals surface area contributed by atoms with Crippen LogP contribution in [0.3, 0.4) is 0 Å². The Balaban J connectivity index is 1.92. The summed E-state index contributed by atoms with van der Waals surface area (Å²) in [5, 5.41) is 6.08. The number of para-hydroxylation sites is 1. The van der Waals surface area contributed by atoms with Crippen molar-refractivity contribution in [3.63, 3.8) is 0 Å². The molecule has 0 spiro atoms. The second-order valence-electron chi connectivity index (χ2n) is 4.11. The predicted molar refractivity (Wildman–Crippen MR) is 81.6 cm³/mol. The quantitative estimate of drug-likeness (QED) is 0.503. The van der Waals surface area contributed by atoms with Crippen molar-refractivity contribution in [1.82, 2.24) is 10.4 Å². The topological polar surface area (TPSA) is 92.7 Å². The Kier molecular flexibility index (Phi) is 5.20. The molecule has 0 saturated carbocycles. The van der Waals surface area contributed by atoms with E-state index in [2.05, 4.69) is 20.8 Å². The van der Waals surface area contributed by atoms with E-state index in [4.69, 9.17) is 4.74 Å². The molecule has 1 aromatic heterocycles. The van der Waals surface area contributed by atoms with E-state index in [0.29, 0.717) is 11.3 Å². The predicted octanol–water partition coefficient (Wildman–Crippen LogP) is 1.18. The third-order valence-electron chi connectivity index (χ3n) is 2.62. The Bertz CT molecular complexity index is 686. The van der Waals surface area contributed by atoms with Gasteiger partial charge in [-0.1, -0.05) is 18.2 Å². The molecule has 0 unspecified atom stereocenters. The molecule has 2 N–H and O–H groups in total. The number of hydrogen-bond acceptors (Lipinski definition) is 5. The number of methoxy groups -OCH3 is 1. The zero-order valence-corrected chi connectivity index (χ0v) is 11.8. The fraction of sp³-hybridized carbons (Fsp3) is 0.0667. The van der Waals surface area contributed by atoms with Gasteiger partial charge in [-0.3, -0.25) is 9.59 Å². The average molecular weight is 298 g/mol. The van der Waals surface area contributed by atoms with E-state index in [1.54, 1.807) is 36.4 Å². The molecule has 0 aliphatic rings. The molecule has 7 nitrogen and oxygen atoms in total. The minimum absolute atomic E-state index is 0.288. The van der Waals surface area contributed by atoms with Crippen molar-refractivity contribution < 1.29 is 14.3 Å². The summed E-state index contributed by atoms with van der Waals surface area (Å²) in [4.78, 5) is 27.1. The molecule has 1 heterocycles. The molecule has 2 rings (SSSR count). The SMILES string of the molecule is COc1ccccc1/C=N/NC(=O)C(=O)Nc1ccccn1. The largest absolute Gasteiger partial charge is 0.496 e. The third-order valence-corrected chi connectivity index (χ3v) is 2.62. The number of anilines is 1. The highest BCUT2D eigenvalue weighted by Crippen LogP contribution is 2.14. The number of hydrogen-bond donors (Lipinski definition) is 2. The van der Waals surface area contributed by atoms with Gasteiger partial charge in [0.25, 0.3) is 0 Å². The van der Waals surface area contributed by atoms with E-state index in [-0.39, 0.29) is 5.82 Å². The number of hydrazone groups is 1. The lowest BCUT2D eigenvalue weighted by atomic mass is 10.2. The lowest BCUT2D eigenvalue weighted by Crippen LogP contribution is -2.32. The number of carbonyl (C=O) groups excluding carboxylic acids is 2. The Morgan fingerprint density at radius 1 is 1.14 bits per heavy atom. The van der Waals surface area contributed by atoms with Crippen molar-refractivity contribution in [2.24, 2.45) is 5.10 Å². The minimum atomic E-state index is -0.892. The number of nitrogens with one attached hydrogen (secondary N) is 2. The minimum Gasteiger partial charge on any atom is -0.496 e. The maximum atomic E-state index is 11.6. The molecular formula is C15H14N4O3. The summed E-state index contributed by atoms with van der Waals surface area (Å²) >= 11 is 0. The van der Waals surface area contributed by atoms with Gasteiger partial charge in [0.1, 0.15) is 11.6 Å². The van der Waals surface area contributed by atoms with Crippen LogP contribution < -0.4 is 15.5 Å². The summed E-state index contributed by atoms with van der Waals surface area (Å²) in [7, 11) is 1.53. The monoisotopic (exact) mass is 298 g/mol. The number of nitrogens with zero attached hydrogens (tertiary/aromatic N) is 2. The Labute approximate surface area is 127 Å². The van der Waals surface area contributed by atoms with Gasteiger partial charge < -0.3 is 10.1 Å². The molecule has 22 heavy (non-hydrogen) atoms. The van der Waals surface area contributed by atoms with E-state index in [1.165, 1.54) is 19.5 Å².